The Hall–Kier alpha value is -0.830. The van der Waals surface area contributed by atoms with Gasteiger partial charge in [-0.25, -0.2) is 0 Å². The Morgan fingerprint density at radius 1 is 1.69 bits per heavy atom. The molecular weight excluding hydrogens is 184 g/mol. The van der Waals surface area contributed by atoms with Crippen LogP contribution in [0, 0.1) is 5.92 Å². The summed E-state index contributed by atoms with van der Waals surface area (Å²) in [7, 11) is 0. The fraction of sp³-hybridized carbons (Fsp3) is 0.500. The molecule has 0 N–H and O–H groups in total. The first-order valence-corrected chi connectivity index (χ1v) is 5.37. The van der Waals surface area contributed by atoms with E-state index >= 15 is 0 Å². The van der Waals surface area contributed by atoms with Crippen molar-refractivity contribution in [2.75, 3.05) is 0 Å². The molecule has 1 aromatic heterocycles. The second kappa shape index (κ2) is 3.14. The van der Waals surface area contributed by atoms with Gasteiger partial charge in [-0.15, -0.1) is 11.3 Å². The number of hydrogen-bond donors (Lipinski definition) is 0. The highest BCUT2D eigenvalue weighted by Crippen LogP contribution is 2.32. The highest BCUT2D eigenvalue weighted by Gasteiger charge is 2.19. The van der Waals surface area contributed by atoms with Crippen LogP contribution in [0.2, 0.25) is 0 Å². The van der Waals surface area contributed by atoms with Gasteiger partial charge >= 0.3 is 0 Å². The number of carboxylic acid groups (broad SMARTS) is 1. The molecule has 1 aliphatic carbocycles. The van der Waals surface area contributed by atoms with Crippen molar-refractivity contribution in [1.82, 2.24) is 0 Å². The molecule has 0 aliphatic heterocycles. The Balaban J connectivity index is 2.39. The number of carbonyl (C=O) groups is 1. The van der Waals surface area contributed by atoms with Gasteiger partial charge in [0.25, 0.3) is 0 Å². The van der Waals surface area contributed by atoms with Crippen molar-refractivity contribution in [1.29, 1.82) is 0 Å². The van der Waals surface area contributed by atoms with Gasteiger partial charge < -0.3 is 9.90 Å². The van der Waals surface area contributed by atoms with Crippen molar-refractivity contribution in [3.05, 3.63) is 21.4 Å². The zero-order valence-corrected chi connectivity index (χ0v) is 8.32. The molecule has 0 amide bonds. The predicted octanol–water partition coefficient (Wildman–Crippen LogP) is 1.24. The van der Waals surface area contributed by atoms with Gasteiger partial charge in [0, 0.05) is 15.8 Å². The van der Waals surface area contributed by atoms with Crippen molar-refractivity contribution < 1.29 is 9.90 Å². The normalized spacial score (nSPS) is 21.2. The van der Waals surface area contributed by atoms with E-state index in [9.17, 15) is 9.90 Å². The molecule has 1 aliphatic rings. The molecule has 0 fully saturated rings. The lowest BCUT2D eigenvalue weighted by Gasteiger charge is -2.19. The lowest BCUT2D eigenvalue weighted by atomic mass is 9.89. The number of aromatic carboxylic acids is 1. The van der Waals surface area contributed by atoms with E-state index < -0.39 is 5.97 Å². The maximum atomic E-state index is 10.7. The van der Waals surface area contributed by atoms with Crippen LogP contribution in [-0.2, 0) is 12.8 Å². The van der Waals surface area contributed by atoms with Crippen LogP contribution in [0.5, 0.6) is 0 Å². The topological polar surface area (TPSA) is 40.1 Å². The maximum Gasteiger partial charge on any atom is 0.0726 e. The molecule has 0 radical (unpaired) electrons. The highest BCUT2D eigenvalue weighted by atomic mass is 32.1. The predicted molar refractivity (Wildman–Crippen MR) is 49.8 cm³/mol. The summed E-state index contributed by atoms with van der Waals surface area (Å²) < 4.78 is 0. The molecule has 0 spiro atoms. The summed E-state index contributed by atoms with van der Waals surface area (Å²) >= 11 is 1.56. The summed E-state index contributed by atoms with van der Waals surface area (Å²) in [5, 5.41) is 12.4. The summed E-state index contributed by atoms with van der Waals surface area (Å²) in [5.41, 5.74) is 1.45. The second-order valence-electron chi connectivity index (χ2n) is 3.69. The minimum atomic E-state index is -1.02. The Morgan fingerprint density at radius 2 is 2.46 bits per heavy atom. The summed E-state index contributed by atoms with van der Waals surface area (Å²) in [6.45, 7) is 2.21. The van der Waals surface area contributed by atoms with E-state index in [-0.39, 0.29) is 0 Å². The number of thiophene rings is 1. The largest absolute Gasteiger partial charge is 0.545 e. The van der Waals surface area contributed by atoms with E-state index in [1.165, 1.54) is 4.88 Å². The van der Waals surface area contributed by atoms with Crippen LogP contribution < -0.4 is 5.11 Å². The quantitative estimate of drug-likeness (QED) is 0.676. The molecule has 70 valence electrons. The summed E-state index contributed by atoms with van der Waals surface area (Å²) in [5.74, 6) is -0.326. The second-order valence-corrected chi connectivity index (χ2v) is 4.65. The van der Waals surface area contributed by atoms with Gasteiger partial charge in [-0.2, -0.15) is 0 Å². The van der Waals surface area contributed by atoms with E-state index in [1.807, 2.05) is 0 Å². The third kappa shape index (κ3) is 1.48. The summed E-state index contributed by atoms with van der Waals surface area (Å²) in [6, 6.07) is 0. The lowest BCUT2D eigenvalue weighted by Crippen LogP contribution is -2.24. The molecule has 2 rings (SSSR count). The fourth-order valence-corrected chi connectivity index (χ4v) is 3.08. The van der Waals surface area contributed by atoms with Crippen molar-refractivity contribution in [3.8, 4) is 0 Å². The minimum Gasteiger partial charge on any atom is -0.545 e. The van der Waals surface area contributed by atoms with E-state index in [2.05, 4.69) is 6.92 Å². The van der Waals surface area contributed by atoms with Gasteiger partial charge in [-0.3, -0.25) is 0 Å². The van der Waals surface area contributed by atoms with Gasteiger partial charge in [-0.1, -0.05) is 6.92 Å². The molecule has 0 bridgehead atoms. The summed E-state index contributed by atoms with van der Waals surface area (Å²) in [6.07, 6.45) is 3.04. The smallest absolute Gasteiger partial charge is 0.0726 e. The van der Waals surface area contributed by atoms with Crippen LogP contribution in [0.3, 0.4) is 0 Å². The van der Waals surface area contributed by atoms with Crippen molar-refractivity contribution >= 4 is 17.3 Å². The standard InChI is InChI=1S/C10H12O2S/c1-6-2-3-7-8(10(11)12)5-13-9(7)4-6/h5-6H,2-4H2,1H3,(H,11,12)/p-1/t6-/m0/s1. The van der Waals surface area contributed by atoms with Crippen LogP contribution in [0.15, 0.2) is 5.38 Å². The van der Waals surface area contributed by atoms with E-state index in [4.69, 9.17) is 0 Å². The number of hydrogen-bond acceptors (Lipinski definition) is 3. The molecule has 2 nitrogen and oxygen atoms in total. The first-order valence-electron chi connectivity index (χ1n) is 4.49. The van der Waals surface area contributed by atoms with Crippen LogP contribution in [-0.4, -0.2) is 5.97 Å². The van der Waals surface area contributed by atoms with Crippen LogP contribution >= 0.6 is 11.3 Å². The first kappa shape index (κ1) is 8.75. The van der Waals surface area contributed by atoms with Gasteiger partial charge in [0.1, 0.15) is 0 Å². The molecule has 1 heterocycles. The number of rotatable bonds is 1. The van der Waals surface area contributed by atoms with Gasteiger partial charge in [0.2, 0.25) is 0 Å². The average Bonchev–Trinajstić information content (AvgIpc) is 2.46. The minimum absolute atomic E-state index is 0.423. The maximum absolute atomic E-state index is 10.7. The lowest BCUT2D eigenvalue weighted by molar-refractivity contribution is -0.255. The first-order chi connectivity index (χ1) is 6.18. The molecule has 3 heteroatoms. The molecule has 1 atom stereocenters. The third-order valence-electron chi connectivity index (χ3n) is 2.62. The monoisotopic (exact) mass is 195 g/mol. The van der Waals surface area contributed by atoms with E-state index in [1.54, 1.807) is 16.7 Å². The highest BCUT2D eigenvalue weighted by molar-refractivity contribution is 7.10. The fourth-order valence-electron chi connectivity index (χ4n) is 1.85. The molecule has 0 saturated heterocycles. The molecular formula is C10H11O2S-. The molecule has 13 heavy (non-hydrogen) atoms. The van der Waals surface area contributed by atoms with Gasteiger partial charge in [-0.05, 0) is 30.7 Å². The van der Waals surface area contributed by atoms with E-state index in [0.717, 1.165) is 24.8 Å². The average molecular weight is 195 g/mol. The van der Waals surface area contributed by atoms with Crippen molar-refractivity contribution in [2.45, 2.75) is 26.2 Å². The van der Waals surface area contributed by atoms with E-state index in [0.29, 0.717) is 11.5 Å². The van der Waals surface area contributed by atoms with Crippen LogP contribution in [0.25, 0.3) is 0 Å². The van der Waals surface area contributed by atoms with Crippen molar-refractivity contribution in [3.63, 3.8) is 0 Å². The van der Waals surface area contributed by atoms with Crippen LogP contribution in [0.1, 0.15) is 34.1 Å². The van der Waals surface area contributed by atoms with Crippen molar-refractivity contribution in [2.24, 2.45) is 5.92 Å². The van der Waals surface area contributed by atoms with Crippen LogP contribution in [0.4, 0.5) is 0 Å². The number of carbonyl (C=O) groups excluding carboxylic acids is 1. The Kier molecular flexibility index (Phi) is 2.12. The zero-order chi connectivity index (χ0) is 9.42. The van der Waals surface area contributed by atoms with Gasteiger partial charge in [0.05, 0.1) is 5.97 Å². The SMILES string of the molecule is C[C@H]1CCc2c(C(=O)[O-])csc2C1. The molecule has 0 unspecified atom stereocenters. The zero-order valence-electron chi connectivity index (χ0n) is 7.50. The number of fused-ring (bicyclic) bond motifs is 1. The third-order valence-corrected chi connectivity index (χ3v) is 3.67. The van der Waals surface area contributed by atoms with Gasteiger partial charge in [0.15, 0.2) is 0 Å². The Morgan fingerprint density at radius 3 is 3.15 bits per heavy atom. The Bertz CT molecular complexity index is 341. The molecule has 0 aromatic carbocycles. The Labute approximate surface area is 81.2 Å². The molecule has 0 saturated carbocycles. The molecule has 1 aromatic rings. The number of carboxylic acids is 1. The summed E-state index contributed by atoms with van der Waals surface area (Å²) in [4.78, 5) is 12.0.